The summed E-state index contributed by atoms with van der Waals surface area (Å²) in [6.45, 7) is 2.92. The monoisotopic (exact) mass is 294 g/mol. The van der Waals surface area contributed by atoms with Gasteiger partial charge in [0.2, 0.25) is 0 Å². The Bertz CT molecular complexity index is 493. The maximum atomic E-state index is 11.5. The molecule has 6 heteroatoms. The van der Waals surface area contributed by atoms with Gasteiger partial charge in [-0.25, -0.2) is 0 Å². The molecule has 1 N–H and O–H groups in total. The second-order valence-corrected chi connectivity index (χ2v) is 5.19. The van der Waals surface area contributed by atoms with E-state index in [0.29, 0.717) is 18.0 Å². The molecule has 0 bridgehead atoms. The number of benzene rings is 1. The quantitative estimate of drug-likeness (QED) is 0.667. The Morgan fingerprint density at radius 1 is 1.43 bits per heavy atom. The third-order valence-corrected chi connectivity index (χ3v) is 3.86. The van der Waals surface area contributed by atoms with Crippen molar-refractivity contribution in [1.82, 2.24) is 0 Å². The number of hydrogen-bond donors (Lipinski definition) is 1. The van der Waals surface area contributed by atoms with Crippen LogP contribution >= 0.6 is 0 Å². The Kier molecular flexibility index (Phi) is 5.38. The number of aliphatic hydroxyl groups is 1. The Morgan fingerprint density at radius 3 is 2.90 bits per heavy atom. The maximum absolute atomic E-state index is 11.5. The molecule has 2 rings (SSSR count). The fraction of sp³-hybridized carbons (Fsp3) is 0.600. The Balaban J connectivity index is 2.45. The van der Waals surface area contributed by atoms with Crippen molar-refractivity contribution in [3.05, 3.63) is 28.3 Å². The lowest BCUT2D eigenvalue weighted by atomic mass is 10.1. The van der Waals surface area contributed by atoms with Crippen LogP contribution in [0.5, 0.6) is 5.75 Å². The minimum atomic E-state index is -0.389. The van der Waals surface area contributed by atoms with Gasteiger partial charge in [-0.1, -0.05) is 18.9 Å². The van der Waals surface area contributed by atoms with E-state index in [1.54, 1.807) is 25.1 Å². The molecule has 6 nitrogen and oxygen atoms in total. The van der Waals surface area contributed by atoms with Gasteiger partial charge in [0.05, 0.1) is 24.2 Å². The van der Waals surface area contributed by atoms with Crippen LogP contribution in [0, 0.1) is 10.1 Å². The molecule has 1 atom stereocenters. The zero-order valence-corrected chi connectivity index (χ0v) is 12.3. The molecule has 116 valence electrons. The molecular weight excluding hydrogens is 272 g/mol. The first kappa shape index (κ1) is 15.6. The van der Waals surface area contributed by atoms with Gasteiger partial charge in [0.15, 0.2) is 5.75 Å². The minimum Gasteiger partial charge on any atom is -0.487 e. The normalized spacial score (nSPS) is 19.1. The molecule has 1 aliphatic rings. The second kappa shape index (κ2) is 7.26. The van der Waals surface area contributed by atoms with Crippen LogP contribution < -0.4 is 9.64 Å². The zero-order chi connectivity index (χ0) is 15.2. The fourth-order valence-electron chi connectivity index (χ4n) is 2.88. The fourth-order valence-corrected chi connectivity index (χ4v) is 2.88. The lowest BCUT2D eigenvalue weighted by Gasteiger charge is -2.30. The largest absolute Gasteiger partial charge is 0.487 e. The summed E-state index contributed by atoms with van der Waals surface area (Å²) >= 11 is 0. The third-order valence-electron chi connectivity index (χ3n) is 3.86. The van der Waals surface area contributed by atoms with Crippen molar-refractivity contribution in [2.45, 2.75) is 38.6 Å². The van der Waals surface area contributed by atoms with Crippen LogP contribution in [0.4, 0.5) is 11.4 Å². The Morgan fingerprint density at radius 2 is 2.24 bits per heavy atom. The van der Waals surface area contributed by atoms with Gasteiger partial charge in [-0.05, 0) is 31.9 Å². The smallest absolute Gasteiger partial charge is 0.333 e. The number of anilines is 1. The van der Waals surface area contributed by atoms with E-state index in [1.807, 2.05) is 4.90 Å². The number of nitrogens with zero attached hydrogens (tertiary/aromatic N) is 2. The van der Waals surface area contributed by atoms with E-state index in [9.17, 15) is 15.2 Å². The lowest BCUT2D eigenvalue weighted by Crippen LogP contribution is -2.38. The van der Waals surface area contributed by atoms with E-state index < -0.39 is 0 Å². The summed E-state index contributed by atoms with van der Waals surface area (Å²) in [6, 6.07) is 5.07. The molecular formula is C15H22N2O4. The average molecular weight is 294 g/mol. The molecule has 1 aromatic rings. The van der Waals surface area contributed by atoms with Crippen molar-refractivity contribution < 1.29 is 14.8 Å². The van der Waals surface area contributed by atoms with Crippen LogP contribution in [-0.2, 0) is 0 Å². The highest BCUT2D eigenvalue weighted by Crippen LogP contribution is 2.39. The molecule has 1 aliphatic heterocycles. The van der Waals surface area contributed by atoms with Crippen molar-refractivity contribution in [2.75, 3.05) is 24.7 Å². The van der Waals surface area contributed by atoms with Crippen LogP contribution in [0.3, 0.4) is 0 Å². The second-order valence-electron chi connectivity index (χ2n) is 5.19. The SMILES string of the molecule is CCOc1cccc(N2CCCCCC2CO)c1[N+](=O)[O-]. The summed E-state index contributed by atoms with van der Waals surface area (Å²) in [4.78, 5) is 13.1. The minimum absolute atomic E-state index is 0.000278. The maximum Gasteiger partial charge on any atom is 0.333 e. The van der Waals surface area contributed by atoms with Gasteiger partial charge in [0.25, 0.3) is 0 Å². The molecule has 1 aromatic carbocycles. The Labute approximate surface area is 124 Å². The predicted octanol–water partition coefficient (Wildman–Crippen LogP) is 2.73. The average Bonchev–Trinajstić information content (AvgIpc) is 2.72. The van der Waals surface area contributed by atoms with E-state index in [2.05, 4.69) is 0 Å². The topological polar surface area (TPSA) is 75.8 Å². The molecule has 0 saturated carbocycles. The van der Waals surface area contributed by atoms with Crippen molar-refractivity contribution >= 4 is 11.4 Å². The van der Waals surface area contributed by atoms with E-state index in [-0.39, 0.29) is 23.3 Å². The summed E-state index contributed by atoms with van der Waals surface area (Å²) in [5.74, 6) is 0.293. The van der Waals surface area contributed by atoms with Crippen LogP contribution in [0.2, 0.25) is 0 Å². The first-order chi connectivity index (χ1) is 10.2. The van der Waals surface area contributed by atoms with Crippen LogP contribution in [0.25, 0.3) is 0 Å². The van der Waals surface area contributed by atoms with E-state index >= 15 is 0 Å². The van der Waals surface area contributed by atoms with Crippen molar-refractivity contribution in [2.24, 2.45) is 0 Å². The van der Waals surface area contributed by atoms with Crippen LogP contribution in [-0.4, -0.2) is 35.8 Å². The highest BCUT2D eigenvalue weighted by molar-refractivity contribution is 5.70. The van der Waals surface area contributed by atoms with E-state index in [1.165, 1.54) is 0 Å². The molecule has 1 saturated heterocycles. The molecule has 0 amide bonds. The number of nitro benzene ring substituents is 1. The predicted molar refractivity (Wildman–Crippen MR) is 81.0 cm³/mol. The molecule has 21 heavy (non-hydrogen) atoms. The van der Waals surface area contributed by atoms with Gasteiger partial charge in [0, 0.05) is 6.54 Å². The van der Waals surface area contributed by atoms with Crippen molar-refractivity contribution in [3.63, 3.8) is 0 Å². The van der Waals surface area contributed by atoms with Gasteiger partial charge in [-0.3, -0.25) is 10.1 Å². The number of aliphatic hydroxyl groups excluding tert-OH is 1. The van der Waals surface area contributed by atoms with E-state index in [4.69, 9.17) is 4.74 Å². The molecule has 1 heterocycles. The number of ether oxygens (including phenoxy) is 1. The van der Waals surface area contributed by atoms with Crippen LogP contribution in [0.15, 0.2) is 18.2 Å². The Hall–Kier alpha value is -1.82. The highest BCUT2D eigenvalue weighted by atomic mass is 16.6. The summed E-state index contributed by atoms with van der Waals surface area (Å²) in [7, 11) is 0. The summed E-state index contributed by atoms with van der Waals surface area (Å²) in [5.41, 5.74) is 0.548. The van der Waals surface area contributed by atoms with Gasteiger partial charge >= 0.3 is 5.69 Å². The highest BCUT2D eigenvalue weighted by Gasteiger charge is 2.29. The van der Waals surface area contributed by atoms with Crippen molar-refractivity contribution in [3.8, 4) is 5.75 Å². The number of hydrogen-bond acceptors (Lipinski definition) is 5. The first-order valence-electron chi connectivity index (χ1n) is 7.46. The molecule has 1 fully saturated rings. The molecule has 1 unspecified atom stereocenters. The zero-order valence-electron chi connectivity index (χ0n) is 12.3. The molecule has 0 radical (unpaired) electrons. The van der Waals surface area contributed by atoms with Crippen molar-refractivity contribution in [1.29, 1.82) is 0 Å². The van der Waals surface area contributed by atoms with Gasteiger partial charge in [-0.2, -0.15) is 0 Å². The lowest BCUT2D eigenvalue weighted by molar-refractivity contribution is -0.385. The molecule has 0 spiro atoms. The standard InChI is InChI=1S/C15H22N2O4/c1-2-21-14-9-6-8-13(15(14)17(19)20)16-10-5-3-4-7-12(16)11-18/h6,8-9,12,18H,2-5,7,10-11H2,1H3. The summed E-state index contributed by atoms with van der Waals surface area (Å²) in [6.07, 6.45) is 3.96. The van der Waals surface area contributed by atoms with Crippen LogP contribution in [0.1, 0.15) is 32.6 Å². The number of rotatable bonds is 5. The molecule has 0 aromatic heterocycles. The summed E-state index contributed by atoms with van der Waals surface area (Å²) in [5, 5.41) is 21.1. The number of nitro groups is 1. The third kappa shape index (κ3) is 3.44. The van der Waals surface area contributed by atoms with E-state index in [0.717, 1.165) is 32.2 Å². The van der Waals surface area contributed by atoms with Gasteiger partial charge in [-0.15, -0.1) is 0 Å². The van der Waals surface area contributed by atoms with Gasteiger partial charge < -0.3 is 14.7 Å². The first-order valence-corrected chi connectivity index (χ1v) is 7.46. The number of para-hydroxylation sites is 1. The van der Waals surface area contributed by atoms with Gasteiger partial charge in [0.1, 0.15) is 5.69 Å². The summed E-state index contributed by atoms with van der Waals surface area (Å²) < 4.78 is 5.40. The molecule has 0 aliphatic carbocycles.